The zero-order valence-corrected chi connectivity index (χ0v) is 17.3. The number of carbonyl (C=O) groups excluding carboxylic acids is 2. The summed E-state index contributed by atoms with van der Waals surface area (Å²) < 4.78 is 11.3. The van der Waals surface area contributed by atoms with Crippen LogP contribution in [0.3, 0.4) is 0 Å². The normalized spacial score (nSPS) is 10.9. The molecule has 7 nitrogen and oxygen atoms in total. The Hall–Kier alpha value is -3.10. The number of carbonyl (C=O) groups is 2. The van der Waals surface area contributed by atoms with Crippen LogP contribution in [0.4, 0.5) is 0 Å². The third kappa shape index (κ3) is 5.24. The maximum Gasteiger partial charge on any atom is 0.259 e. The van der Waals surface area contributed by atoms with Crippen LogP contribution in [0.15, 0.2) is 47.6 Å². The van der Waals surface area contributed by atoms with Crippen molar-refractivity contribution in [2.45, 2.75) is 0 Å². The predicted octanol–water partition coefficient (Wildman–Crippen LogP) is 3.45. The molecule has 0 atom stereocenters. The van der Waals surface area contributed by atoms with Crippen LogP contribution in [0.25, 0.3) is 10.1 Å². The summed E-state index contributed by atoms with van der Waals surface area (Å²) in [7, 11) is 2.99. The summed E-state index contributed by atoms with van der Waals surface area (Å²) in [5.41, 5.74) is 2.74. The van der Waals surface area contributed by atoms with E-state index in [1.165, 1.54) is 31.6 Å². The van der Waals surface area contributed by atoms with E-state index in [0.717, 1.165) is 15.0 Å². The summed E-state index contributed by atoms with van der Waals surface area (Å²) in [4.78, 5) is 25.0. The van der Waals surface area contributed by atoms with E-state index in [2.05, 4.69) is 15.8 Å². The van der Waals surface area contributed by atoms with Gasteiger partial charge in [0, 0.05) is 20.2 Å². The quantitative estimate of drug-likeness (QED) is 0.443. The fourth-order valence-corrected chi connectivity index (χ4v) is 3.75. The Morgan fingerprint density at radius 3 is 2.66 bits per heavy atom. The molecule has 2 amide bonds. The largest absolute Gasteiger partial charge is 0.493 e. The second-order valence-electron chi connectivity index (χ2n) is 5.88. The van der Waals surface area contributed by atoms with Gasteiger partial charge in [-0.2, -0.15) is 5.10 Å². The SMILES string of the molecule is COc1ccc(C(=O)NCC(=O)NN=Cc2cc3ccc(Cl)cc3s2)cc1OC. The second kappa shape index (κ2) is 9.40. The van der Waals surface area contributed by atoms with Gasteiger partial charge in [-0.15, -0.1) is 11.3 Å². The van der Waals surface area contributed by atoms with Crippen molar-refractivity contribution >= 4 is 51.1 Å². The minimum Gasteiger partial charge on any atom is -0.493 e. The average Bonchev–Trinajstić information content (AvgIpc) is 3.13. The Kier molecular flexibility index (Phi) is 6.69. The summed E-state index contributed by atoms with van der Waals surface area (Å²) in [5.74, 6) is 0.0872. The Balaban J connectivity index is 1.52. The molecule has 1 aromatic heterocycles. The van der Waals surface area contributed by atoms with E-state index in [4.69, 9.17) is 21.1 Å². The van der Waals surface area contributed by atoms with Crippen molar-refractivity contribution in [2.24, 2.45) is 5.10 Å². The summed E-state index contributed by atoms with van der Waals surface area (Å²) in [6, 6.07) is 12.3. The number of ether oxygens (including phenoxy) is 2. The van der Waals surface area contributed by atoms with Crippen LogP contribution in [0, 0.1) is 0 Å². The van der Waals surface area contributed by atoms with Gasteiger partial charge in [-0.1, -0.05) is 17.7 Å². The van der Waals surface area contributed by atoms with Crippen LogP contribution in [0.2, 0.25) is 5.02 Å². The Morgan fingerprint density at radius 1 is 1.10 bits per heavy atom. The van der Waals surface area contributed by atoms with Crippen LogP contribution >= 0.6 is 22.9 Å². The number of hydrogen-bond acceptors (Lipinski definition) is 6. The summed E-state index contributed by atoms with van der Waals surface area (Å²) >= 11 is 7.49. The number of hydrogen-bond donors (Lipinski definition) is 2. The minimum absolute atomic E-state index is 0.216. The first-order chi connectivity index (χ1) is 14.0. The highest BCUT2D eigenvalue weighted by atomic mass is 35.5. The van der Waals surface area contributed by atoms with E-state index in [-0.39, 0.29) is 6.54 Å². The molecule has 0 bridgehead atoms. The fourth-order valence-electron chi connectivity index (χ4n) is 2.54. The smallest absolute Gasteiger partial charge is 0.259 e. The van der Waals surface area contributed by atoms with Crippen molar-refractivity contribution in [1.29, 1.82) is 0 Å². The lowest BCUT2D eigenvalue weighted by Gasteiger charge is -2.09. The Bertz CT molecular complexity index is 1080. The van der Waals surface area contributed by atoms with Crippen molar-refractivity contribution < 1.29 is 19.1 Å². The number of thiophene rings is 1. The molecule has 0 fully saturated rings. The standard InChI is InChI=1S/C20H18ClN3O4S/c1-27-16-6-4-13(8-17(16)28-2)20(26)22-11-19(25)24-23-10-15-7-12-3-5-14(21)9-18(12)29-15/h3-10H,11H2,1-2H3,(H,22,26)(H,24,25). The first-order valence-corrected chi connectivity index (χ1v) is 9.71. The summed E-state index contributed by atoms with van der Waals surface area (Å²) in [5, 5.41) is 8.17. The Morgan fingerprint density at radius 2 is 1.90 bits per heavy atom. The molecule has 0 unspecified atom stereocenters. The second-order valence-corrected chi connectivity index (χ2v) is 7.43. The number of hydrazone groups is 1. The molecule has 3 rings (SSSR count). The molecule has 2 N–H and O–H groups in total. The highest BCUT2D eigenvalue weighted by Crippen LogP contribution is 2.28. The van der Waals surface area contributed by atoms with Crippen LogP contribution < -0.4 is 20.2 Å². The van der Waals surface area contributed by atoms with Crippen LogP contribution in [0.5, 0.6) is 11.5 Å². The van der Waals surface area contributed by atoms with Crippen LogP contribution in [0.1, 0.15) is 15.2 Å². The molecule has 2 aromatic carbocycles. The summed E-state index contributed by atoms with van der Waals surface area (Å²) in [6.07, 6.45) is 1.55. The average molecular weight is 432 g/mol. The van der Waals surface area contributed by atoms with E-state index in [1.807, 2.05) is 24.3 Å². The van der Waals surface area contributed by atoms with Crippen LogP contribution in [-0.2, 0) is 4.79 Å². The molecule has 0 aliphatic heterocycles. The number of nitrogens with zero attached hydrogens (tertiary/aromatic N) is 1. The van der Waals surface area contributed by atoms with E-state index in [0.29, 0.717) is 22.1 Å². The molecule has 29 heavy (non-hydrogen) atoms. The first-order valence-electron chi connectivity index (χ1n) is 8.51. The maximum absolute atomic E-state index is 12.2. The number of halogens is 1. The Labute approximate surface area is 176 Å². The third-order valence-electron chi connectivity index (χ3n) is 3.94. The first kappa shape index (κ1) is 20.6. The van der Waals surface area contributed by atoms with Gasteiger partial charge < -0.3 is 14.8 Å². The van der Waals surface area contributed by atoms with Gasteiger partial charge in [-0.3, -0.25) is 9.59 Å². The molecule has 0 saturated heterocycles. The molecule has 150 valence electrons. The van der Waals surface area contributed by atoms with E-state index >= 15 is 0 Å². The van der Waals surface area contributed by atoms with Gasteiger partial charge in [-0.25, -0.2) is 5.43 Å². The monoisotopic (exact) mass is 431 g/mol. The van der Waals surface area contributed by atoms with Gasteiger partial charge in [0.05, 0.1) is 27.0 Å². The van der Waals surface area contributed by atoms with Gasteiger partial charge in [0.1, 0.15) is 0 Å². The predicted molar refractivity (Wildman–Crippen MR) is 114 cm³/mol. The number of amides is 2. The number of benzene rings is 2. The highest BCUT2D eigenvalue weighted by molar-refractivity contribution is 7.20. The lowest BCUT2D eigenvalue weighted by Crippen LogP contribution is -2.34. The lowest BCUT2D eigenvalue weighted by atomic mass is 10.2. The van der Waals surface area contributed by atoms with E-state index in [9.17, 15) is 9.59 Å². The molecular weight excluding hydrogens is 414 g/mol. The molecular formula is C20H18ClN3O4S. The number of rotatable bonds is 7. The summed E-state index contributed by atoms with van der Waals surface area (Å²) in [6.45, 7) is -0.216. The van der Waals surface area contributed by atoms with Gasteiger partial charge in [0.25, 0.3) is 11.8 Å². The van der Waals surface area contributed by atoms with Crippen molar-refractivity contribution in [3.63, 3.8) is 0 Å². The molecule has 0 aliphatic rings. The van der Waals surface area contributed by atoms with Gasteiger partial charge in [0.15, 0.2) is 11.5 Å². The number of fused-ring (bicyclic) bond motifs is 1. The van der Waals surface area contributed by atoms with Gasteiger partial charge in [-0.05, 0) is 41.8 Å². The molecule has 0 aliphatic carbocycles. The molecule has 0 radical (unpaired) electrons. The lowest BCUT2D eigenvalue weighted by molar-refractivity contribution is -0.120. The van der Waals surface area contributed by atoms with Crippen LogP contribution in [-0.4, -0.2) is 38.8 Å². The molecule has 1 heterocycles. The number of methoxy groups -OCH3 is 2. The minimum atomic E-state index is -0.445. The topological polar surface area (TPSA) is 89.0 Å². The molecule has 3 aromatic rings. The van der Waals surface area contributed by atoms with Crippen molar-refractivity contribution in [3.8, 4) is 11.5 Å². The van der Waals surface area contributed by atoms with Crippen molar-refractivity contribution in [2.75, 3.05) is 20.8 Å². The van der Waals surface area contributed by atoms with Crippen molar-refractivity contribution in [1.82, 2.24) is 10.7 Å². The fraction of sp³-hybridized carbons (Fsp3) is 0.150. The maximum atomic E-state index is 12.2. The molecule has 9 heteroatoms. The highest BCUT2D eigenvalue weighted by Gasteiger charge is 2.11. The third-order valence-corrected chi connectivity index (χ3v) is 5.20. The van der Waals surface area contributed by atoms with Gasteiger partial charge in [0.2, 0.25) is 0 Å². The zero-order chi connectivity index (χ0) is 20.8. The molecule has 0 spiro atoms. The zero-order valence-electron chi connectivity index (χ0n) is 15.7. The van der Waals surface area contributed by atoms with E-state index in [1.54, 1.807) is 18.3 Å². The van der Waals surface area contributed by atoms with E-state index < -0.39 is 11.8 Å². The number of nitrogens with one attached hydrogen (secondary N) is 2. The molecule has 0 saturated carbocycles. The van der Waals surface area contributed by atoms with Gasteiger partial charge >= 0.3 is 0 Å². The van der Waals surface area contributed by atoms with Crippen molar-refractivity contribution in [3.05, 3.63) is 57.9 Å².